The van der Waals surface area contributed by atoms with Crippen LogP contribution in [0, 0.1) is 0 Å². The molecule has 0 N–H and O–H groups in total. The SMILES string of the molecule is C=C.C=C.C=C/C=C(\C=C)N(C(/C=C\C)=C/C)c1ccc(-c2ccc(-c3ccc(N(/C(C)=C/C)C(/C=C\C)=C/C)cc3)cc2)cc1.C=CCC.CC.CC.CC.CC.CC.CC.CC.CC.CC.CC. The Kier molecular flexibility index (Phi) is 108. The summed E-state index contributed by atoms with van der Waals surface area (Å²) in [5, 5.41) is 0. The van der Waals surface area contributed by atoms with E-state index in [1.165, 1.54) is 28.0 Å². The molecule has 0 aliphatic rings. The first kappa shape index (κ1) is 90.8. The van der Waals surface area contributed by atoms with Gasteiger partial charge in [0.1, 0.15) is 0 Å². The van der Waals surface area contributed by atoms with Crippen LogP contribution in [0.3, 0.4) is 0 Å². The average molecular weight is 966 g/mol. The maximum atomic E-state index is 4.03. The highest BCUT2D eigenvalue weighted by atomic mass is 15.2. The van der Waals surface area contributed by atoms with Gasteiger partial charge in [-0.05, 0) is 119 Å². The minimum atomic E-state index is 0.965. The molecule has 0 bridgehead atoms. The van der Waals surface area contributed by atoms with Gasteiger partial charge in [0.15, 0.2) is 0 Å². The molecule has 0 aliphatic heterocycles. The van der Waals surface area contributed by atoms with Crippen LogP contribution in [0.1, 0.15) is 193 Å². The Morgan fingerprint density at radius 2 is 0.643 bits per heavy atom. The lowest BCUT2D eigenvalue weighted by atomic mass is 9.99. The van der Waals surface area contributed by atoms with Crippen molar-refractivity contribution in [2.24, 2.45) is 0 Å². The van der Waals surface area contributed by atoms with Gasteiger partial charge in [-0.1, -0.05) is 250 Å². The van der Waals surface area contributed by atoms with Crippen molar-refractivity contribution in [2.75, 3.05) is 9.80 Å². The van der Waals surface area contributed by atoms with Crippen LogP contribution in [0.15, 0.2) is 208 Å². The lowest BCUT2D eigenvalue weighted by Crippen LogP contribution is -2.19. The van der Waals surface area contributed by atoms with E-state index in [9.17, 15) is 0 Å². The van der Waals surface area contributed by atoms with Gasteiger partial charge in [-0.3, -0.25) is 0 Å². The van der Waals surface area contributed by atoms with Gasteiger partial charge >= 0.3 is 0 Å². The van der Waals surface area contributed by atoms with E-state index in [-0.39, 0.29) is 0 Å². The van der Waals surface area contributed by atoms with E-state index in [4.69, 9.17) is 0 Å². The molecule has 0 heterocycles. The van der Waals surface area contributed by atoms with Crippen molar-refractivity contribution in [3.05, 3.63) is 208 Å². The highest BCUT2D eigenvalue weighted by Gasteiger charge is 2.14. The summed E-state index contributed by atoms with van der Waals surface area (Å²) < 4.78 is 0. The van der Waals surface area contributed by atoms with E-state index in [1.807, 2.05) is 184 Å². The first-order valence-corrected chi connectivity index (χ1v) is 27.1. The Labute approximate surface area is 443 Å². The van der Waals surface area contributed by atoms with Gasteiger partial charge in [0.25, 0.3) is 0 Å². The summed E-state index contributed by atoms with van der Waals surface area (Å²) in [5.41, 5.74) is 11.3. The summed E-state index contributed by atoms with van der Waals surface area (Å²) in [7, 11) is 0. The first-order chi connectivity index (χ1) is 34.4. The Morgan fingerprint density at radius 3 is 0.843 bits per heavy atom. The fourth-order valence-electron chi connectivity index (χ4n) is 4.89. The summed E-state index contributed by atoms with van der Waals surface area (Å²) in [5.74, 6) is 0. The summed E-state index contributed by atoms with van der Waals surface area (Å²) in [4.78, 5) is 4.46. The molecule has 0 saturated heterocycles. The molecule has 0 amide bonds. The second kappa shape index (κ2) is 83.4. The minimum Gasteiger partial charge on any atom is -0.315 e. The summed E-state index contributed by atoms with van der Waals surface area (Å²) in [6.07, 6.45) is 23.3. The Morgan fingerprint density at radius 1 is 0.400 bits per heavy atom. The van der Waals surface area contributed by atoms with E-state index in [0.717, 1.165) is 34.9 Å². The smallest absolute Gasteiger partial charge is 0.0461 e. The predicted molar refractivity (Wildman–Crippen MR) is 344 cm³/mol. The van der Waals surface area contributed by atoms with Crippen LogP contribution in [0.4, 0.5) is 11.4 Å². The number of benzene rings is 3. The van der Waals surface area contributed by atoms with Gasteiger partial charge in [0, 0.05) is 34.2 Å². The van der Waals surface area contributed by atoms with Gasteiger partial charge in [-0.25, -0.2) is 0 Å². The van der Waals surface area contributed by atoms with Crippen LogP contribution in [-0.2, 0) is 0 Å². The lowest BCUT2D eigenvalue weighted by molar-refractivity contribution is 1.08. The molecule has 0 fully saturated rings. The van der Waals surface area contributed by atoms with Crippen molar-refractivity contribution in [3.8, 4) is 22.3 Å². The van der Waals surface area contributed by atoms with E-state index in [2.05, 4.69) is 193 Å². The maximum Gasteiger partial charge on any atom is 0.0461 e. The van der Waals surface area contributed by atoms with Gasteiger partial charge in [0.05, 0.1) is 0 Å². The predicted octanol–water partition coefficient (Wildman–Crippen LogP) is 25.2. The molecule has 2 nitrogen and oxygen atoms in total. The number of anilines is 2. The molecule has 3 rings (SSSR count). The molecule has 0 atom stereocenters. The number of rotatable bonds is 13. The van der Waals surface area contributed by atoms with E-state index < -0.39 is 0 Å². The highest BCUT2D eigenvalue weighted by molar-refractivity contribution is 5.74. The largest absolute Gasteiger partial charge is 0.315 e. The van der Waals surface area contributed by atoms with E-state index in [0.29, 0.717) is 0 Å². The van der Waals surface area contributed by atoms with Crippen molar-refractivity contribution < 1.29 is 0 Å². The zero-order chi connectivity index (χ0) is 57.9. The average Bonchev–Trinajstić information content (AvgIpc) is 3.49. The second-order valence-corrected chi connectivity index (χ2v) is 10.4. The second-order valence-electron chi connectivity index (χ2n) is 10.4. The molecule has 402 valence electrons. The molecule has 0 radical (unpaired) electrons. The van der Waals surface area contributed by atoms with Crippen LogP contribution in [0.2, 0.25) is 0 Å². The van der Waals surface area contributed by atoms with Crippen molar-refractivity contribution in [1.29, 1.82) is 0 Å². The van der Waals surface area contributed by atoms with Crippen molar-refractivity contribution in [1.82, 2.24) is 0 Å². The quantitative estimate of drug-likeness (QED) is 0.124. The fraction of sp³-hybridized carbons (Fsp3) is 0.412. The molecule has 0 spiro atoms. The third-order valence-electron chi connectivity index (χ3n) is 7.40. The molecule has 70 heavy (non-hydrogen) atoms. The summed E-state index contributed by atoms with van der Waals surface area (Å²) in [6, 6.07) is 26.2. The molecule has 3 aromatic carbocycles. The van der Waals surface area contributed by atoms with Gasteiger partial charge in [0.2, 0.25) is 0 Å². The number of nitrogens with zero attached hydrogens (tertiary/aromatic N) is 2. The third-order valence-corrected chi connectivity index (χ3v) is 7.40. The topological polar surface area (TPSA) is 6.48 Å². The van der Waals surface area contributed by atoms with Crippen LogP contribution in [-0.4, -0.2) is 0 Å². The normalized spacial score (nSPS) is 9.19. The summed E-state index contributed by atoms with van der Waals surface area (Å²) in [6.45, 7) is 77.9. The first-order valence-electron chi connectivity index (χ1n) is 27.1. The van der Waals surface area contributed by atoms with Gasteiger partial charge in [-0.2, -0.15) is 0 Å². The molecule has 0 aromatic heterocycles. The highest BCUT2D eigenvalue weighted by Crippen LogP contribution is 2.32. The molecule has 2 heteroatoms. The van der Waals surface area contributed by atoms with Crippen molar-refractivity contribution in [2.45, 2.75) is 193 Å². The third kappa shape index (κ3) is 42.5. The van der Waals surface area contributed by atoms with Gasteiger partial charge in [-0.15, -0.1) is 32.9 Å². The molecular formula is C68H120N2. The van der Waals surface area contributed by atoms with E-state index >= 15 is 0 Å². The standard InChI is InChI=1S/C40H44N2.C4H8.10C2H6.2C2H4/c1-9-16-36(13-5)41(31(8)12-4)39-27-23-34(24-28-39)32-19-21-33(22-20-32)35-25-29-40(30-26-35)42(37(14-6)17-10-2)38(15-7)18-11-3;1-3-4-2;12*1-2/h9-30H,2,6H2,1,3-5,7-8H3;3H,1,4H2,2H3;10*1-2H3;2*1-2H2/b16-9-,18-11-,31-12+,36-13+,37-17+,38-15+;;;;;;;;;;;;;. The van der Waals surface area contributed by atoms with Crippen LogP contribution in [0.5, 0.6) is 0 Å². The maximum absolute atomic E-state index is 4.03. The number of hydrogen-bond acceptors (Lipinski definition) is 2. The number of allylic oxidation sites excluding steroid dienone is 12. The van der Waals surface area contributed by atoms with E-state index in [1.54, 1.807) is 6.08 Å². The zero-order valence-corrected chi connectivity index (χ0v) is 51.8. The fourth-order valence-corrected chi connectivity index (χ4v) is 4.89. The molecule has 0 unspecified atom stereocenters. The molecule has 0 aliphatic carbocycles. The molecule has 0 saturated carbocycles. The lowest BCUT2D eigenvalue weighted by Gasteiger charge is -2.27. The Bertz CT molecular complexity index is 1620. The van der Waals surface area contributed by atoms with Crippen LogP contribution >= 0.6 is 0 Å². The molecular weight excluding hydrogens is 845 g/mol. The number of hydrogen-bond donors (Lipinski definition) is 0. The van der Waals surface area contributed by atoms with Crippen molar-refractivity contribution >= 4 is 11.4 Å². The van der Waals surface area contributed by atoms with Crippen molar-refractivity contribution in [3.63, 3.8) is 0 Å². The zero-order valence-electron chi connectivity index (χ0n) is 51.8. The minimum absolute atomic E-state index is 0.965. The Hall–Kier alpha value is -5.60. The summed E-state index contributed by atoms with van der Waals surface area (Å²) >= 11 is 0. The molecule has 3 aromatic rings. The van der Waals surface area contributed by atoms with Crippen LogP contribution < -0.4 is 9.80 Å². The van der Waals surface area contributed by atoms with Gasteiger partial charge < -0.3 is 9.80 Å². The Balaban J connectivity index is -0.000000118. The van der Waals surface area contributed by atoms with Crippen LogP contribution in [0.25, 0.3) is 22.3 Å². The monoisotopic (exact) mass is 965 g/mol.